The number of methoxy groups -OCH3 is 2. The van der Waals surface area contributed by atoms with Crippen molar-refractivity contribution in [3.63, 3.8) is 0 Å². The third kappa shape index (κ3) is 4.07. The van der Waals surface area contributed by atoms with Gasteiger partial charge in [0.05, 0.1) is 14.2 Å². The molecule has 0 fully saturated rings. The zero-order valence-electron chi connectivity index (χ0n) is 14.0. The van der Waals surface area contributed by atoms with E-state index in [-0.39, 0.29) is 6.79 Å². The number of benzene rings is 2. The van der Waals surface area contributed by atoms with Crippen molar-refractivity contribution in [3.05, 3.63) is 59.7 Å². The van der Waals surface area contributed by atoms with Crippen molar-refractivity contribution in [2.24, 2.45) is 0 Å². The monoisotopic (exact) mass is 332 g/mol. The summed E-state index contributed by atoms with van der Waals surface area (Å²) >= 11 is 0. The van der Waals surface area contributed by atoms with Crippen molar-refractivity contribution in [3.8, 4) is 46.7 Å². The van der Waals surface area contributed by atoms with Gasteiger partial charge in [-0.25, -0.2) is 0 Å². The molecule has 1 heterocycles. The fourth-order valence-corrected chi connectivity index (χ4v) is 2.22. The maximum absolute atomic E-state index is 5.32. The molecule has 2 aromatic carbocycles. The van der Waals surface area contributed by atoms with E-state index in [2.05, 4.69) is 23.7 Å². The molecule has 4 heteroatoms. The molecule has 0 saturated carbocycles. The van der Waals surface area contributed by atoms with Crippen LogP contribution in [0.4, 0.5) is 0 Å². The Hall–Kier alpha value is -3.50. The topological polar surface area (TPSA) is 36.9 Å². The molecule has 0 radical (unpaired) electrons. The maximum atomic E-state index is 5.32. The Balaban J connectivity index is 1.64. The van der Waals surface area contributed by atoms with Crippen molar-refractivity contribution in [1.82, 2.24) is 0 Å². The van der Waals surface area contributed by atoms with Crippen LogP contribution in [0, 0.1) is 23.7 Å². The van der Waals surface area contributed by atoms with Crippen molar-refractivity contribution in [1.29, 1.82) is 0 Å². The largest absolute Gasteiger partial charge is 0.493 e. The Kier molecular flexibility index (Phi) is 5.14. The summed E-state index contributed by atoms with van der Waals surface area (Å²) < 4.78 is 21.0. The van der Waals surface area contributed by atoms with E-state index in [1.54, 1.807) is 26.4 Å². The number of allylic oxidation sites excluding steroid dienone is 2. The van der Waals surface area contributed by atoms with Gasteiger partial charge in [0, 0.05) is 11.1 Å². The molecule has 0 spiro atoms. The van der Waals surface area contributed by atoms with Gasteiger partial charge in [0.2, 0.25) is 6.79 Å². The van der Waals surface area contributed by atoms with E-state index in [1.165, 1.54) is 0 Å². The van der Waals surface area contributed by atoms with Gasteiger partial charge in [-0.2, -0.15) is 0 Å². The summed E-state index contributed by atoms with van der Waals surface area (Å²) in [6.07, 6.45) is 3.41. The van der Waals surface area contributed by atoms with Crippen LogP contribution in [0.2, 0.25) is 0 Å². The molecule has 124 valence electrons. The SMILES string of the molecule is COc1ccc(C#C/C=C/C#Cc2ccc3c(c2)OCO3)cc1OC. The summed E-state index contributed by atoms with van der Waals surface area (Å²) in [7, 11) is 3.20. The molecule has 0 saturated heterocycles. The molecule has 0 aromatic heterocycles. The molecular weight excluding hydrogens is 316 g/mol. The van der Waals surface area contributed by atoms with E-state index < -0.39 is 0 Å². The Labute approximate surface area is 147 Å². The Bertz CT molecular complexity index is 920. The summed E-state index contributed by atoms with van der Waals surface area (Å²) in [5.74, 6) is 14.8. The number of hydrogen-bond donors (Lipinski definition) is 0. The minimum absolute atomic E-state index is 0.262. The van der Waals surface area contributed by atoms with Gasteiger partial charge in [0.1, 0.15) is 0 Å². The van der Waals surface area contributed by atoms with Gasteiger partial charge in [-0.3, -0.25) is 0 Å². The Morgan fingerprint density at radius 2 is 1.44 bits per heavy atom. The number of fused-ring (bicyclic) bond motifs is 1. The molecule has 25 heavy (non-hydrogen) atoms. The second kappa shape index (κ2) is 7.86. The number of rotatable bonds is 2. The molecule has 0 amide bonds. The molecule has 1 aliphatic heterocycles. The Morgan fingerprint density at radius 1 is 0.800 bits per heavy atom. The summed E-state index contributed by atoms with van der Waals surface area (Å²) in [5, 5.41) is 0. The highest BCUT2D eigenvalue weighted by Gasteiger charge is 2.12. The van der Waals surface area contributed by atoms with Crippen molar-refractivity contribution < 1.29 is 18.9 Å². The lowest BCUT2D eigenvalue weighted by molar-refractivity contribution is 0.174. The minimum atomic E-state index is 0.262. The smallest absolute Gasteiger partial charge is 0.231 e. The lowest BCUT2D eigenvalue weighted by Gasteiger charge is -2.06. The van der Waals surface area contributed by atoms with Crippen LogP contribution in [0.3, 0.4) is 0 Å². The van der Waals surface area contributed by atoms with Crippen LogP contribution in [0.15, 0.2) is 48.6 Å². The summed E-state index contributed by atoms with van der Waals surface area (Å²) in [4.78, 5) is 0. The van der Waals surface area contributed by atoms with Crippen molar-refractivity contribution >= 4 is 0 Å². The van der Waals surface area contributed by atoms with Crippen LogP contribution in [0.25, 0.3) is 0 Å². The average molecular weight is 332 g/mol. The lowest BCUT2D eigenvalue weighted by atomic mass is 10.2. The van der Waals surface area contributed by atoms with Crippen molar-refractivity contribution in [2.75, 3.05) is 21.0 Å². The molecule has 0 aliphatic carbocycles. The highest BCUT2D eigenvalue weighted by atomic mass is 16.7. The van der Waals surface area contributed by atoms with Crippen LogP contribution >= 0.6 is 0 Å². The molecule has 0 N–H and O–H groups in total. The molecule has 0 bridgehead atoms. The standard InChI is InChI=1S/C21H16O4/c1-22-18-11-9-16(13-20(18)23-2)7-5-3-4-6-8-17-10-12-19-21(14-17)25-15-24-19/h3-4,9-14H,15H2,1-2H3/b4-3+. The lowest BCUT2D eigenvalue weighted by Crippen LogP contribution is -1.92. The molecule has 1 aliphatic rings. The minimum Gasteiger partial charge on any atom is -0.493 e. The predicted octanol–water partition coefficient (Wildman–Crippen LogP) is 3.39. The van der Waals surface area contributed by atoms with Gasteiger partial charge < -0.3 is 18.9 Å². The Morgan fingerprint density at radius 3 is 2.16 bits per heavy atom. The molecular formula is C21H16O4. The van der Waals surface area contributed by atoms with Gasteiger partial charge in [-0.15, -0.1) is 0 Å². The van der Waals surface area contributed by atoms with Crippen LogP contribution < -0.4 is 18.9 Å². The first-order valence-electron chi connectivity index (χ1n) is 7.60. The van der Waals surface area contributed by atoms with Gasteiger partial charge in [0.25, 0.3) is 0 Å². The van der Waals surface area contributed by atoms with Crippen LogP contribution in [-0.4, -0.2) is 21.0 Å². The second-order valence-electron chi connectivity index (χ2n) is 5.01. The summed E-state index contributed by atoms with van der Waals surface area (Å²) in [5.41, 5.74) is 1.70. The average Bonchev–Trinajstić information content (AvgIpc) is 3.12. The summed E-state index contributed by atoms with van der Waals surface area (Å²) in [6.45, 7) is 0.262. The highest BCUT2D eigenvalue weighted by molar-refractivity contribution is 5.51. The molecule has 0 atom stereocenters. The highest BCUT2D eigenvalue weighted by Crippen LogP contribution is 2.32. The molecule has 0 unspecified atom stereocenters. The third-order valence-corrected chi connectivity index (χ3v) is 3.44. The zero-order chi connectivity index (χ0) is 17.5. The fraction of sp³-hybridized carbons (Fsp3) is 0.143. The quantitative estimate of drug-likeness (QED) is 0.790. The number of ether oxygens (including phenoxy) is 4. The first-order valence-corrected chi connectivity index (χ1v) is 7.60. The van der Waals surface area contributed by atoms with Crippen LogP contribution in [0.5, 0.6) is 23.0 Å². The fourth-order valence-electron chi connectivity index (χ4n) is 2.22. The van der Waals surface area contributed by atoms with Crippen LogP contribution in [-0.2, 0) is 0 Å². The van der Waals surface area contributed by atoms with Crippen LogP contribution in [0.1, 0.15) is 11.1 Å². The predicted molar refractivity (Wildman–Crippen MR) is 95.0 cm³/mol. The normalized spacial score (nSPS) is 11.3. The van der Waals surface area contributed by atoms with Gasteiger partial charge in [0.15, 0.2) is 23.0 Å². The molecule has 2 aromatic rings. The van der Waals surface area contributed by atoms with Gasteiger partial charge in [-0.1, -0.05) is 23.7 Å². The first-order chi connectivity index (χ1) is 12.3. The van der Waals surface area contributed by atoms with E-state index in [1.807, 2.05) is 36.4 Å². The number of hydrogen-bond acceptors (Lipinski definition) is 4. The van der Waals surface area contributed by atoms with E-state index >= 15 is 0 Å². The van der Waals surface area contributed by atoms with E-state index in [0.29, 0.717) is 11.5 Å². The second-order valence-corrected chi connectivity index (χ2v) is 5.01. The van der Waals surface area contributed by atoms with E-state index in [9.17, 15) is 0 Å². The van der Waals surface area contributed by atoms with E-state index in [0.717, 1.165) is 22.6 Å². The first kappa shape index (κ1) is 16.4. The maximum Gasteiger partial charge on any atom is 0.231 e. The molecule has 4 nitrogen and oxygen atoms in total. The van der Waals surface area contributed by atoms with Gasteiger partial charge in [-0.05, 0) is 48.6 Å². The zero-order valence-corrected chi connectivity index (χ0v) is 14.0. The van der Waals surface area contributed by atoms with Gasteiger partial charge >= 0.3 is 0 Å². The summed E-state index contributed by atoms with van der Waals surface area (Å²) in [6, 6.07) is 11.1. The van der Waals surface area contributed by atoms with Crippen molar-refractivity contribution in [2.45, 2.75) is 0 Å². The third-order valence-electron chi connectivity index (χ3n) is 3.44. The van der Waals surface area contributed by atoms with E-state index in [4.69, 9.17) is 18.9 Å². The molecule has 3 rings (SSSR count).